The zero-order valence-electron chi connectivity index (χ0n) is 9.43. The Balaban J connectivity index is 1.80. The van der Waals surface area contributed by atoms with Crippen LogP contribution in [-0.2, 0) is 0 Å². The van der Waals surface area contributed by atoms with Gasteiger partial charge < -0.3 is 5.32 Å². The molecule has 0 fully saturated rings. The summed E-state index contributed by atoms with van der Waals surface area (Å²) in [5.74, 6) is 0.439. The zero-order valence-corrected chi connectivity index (χ0v) is 9.43. The fraction of sp³-hybridized carbons (Fsp3) is 0.455. The van der Waals surface area contributed by atoms with E-state index in [1.54, 1.807) is 0 Å². The first kappa shape index (κ1) is 11.5. The SMILES string of the molecule is O=[N+]([O-])c1cnc(NCCC2=CCCC2)nc1. The minimum Gasteiger partial charge on any atom is -0.354 e. The van der Waals surface area contributed by atoms with Gasteiger partial charge in [-0.15, -0.1) is 0 Å². The molecule has 1 aliphatic rings. The average molecular weight is 234 g/mol. The fourth-order valence-electron chi connectivity index (χ4n) is 1.81. The van der Waals surface area contributed by atoms with E-state index >= 15 is 0 Å². The van der Waals surface area contributed by atoms with Crippen LogP contribution in [0.25, 0.3) is 0 Å². The summed E-state index contributed by atoms with van der Waals surface area (Å²) in [5, 5.41) is 13.4. The number of allylic oxidation sites excluding steroid dienone is 1. The minimum absolute atomic E-state index is 0.0888. The molecular weight excluding hydrogens is 220 g/mol. The maximum absolute atomic E-state index is 10.4. The summed E-state index contributed by atoms with van der Waals surface area (Å²) in [6.45, 7) is 0.768. The molecule has 6 heteroatoms. The van der Waals surface area contributed by atoms with Crippen molar-refractivity contribution in [3.8, 4) is 0 Å². The Morgan fingerprint density at radius 2 is 2.18 bits per heavy atom. The molecule has 0 amide bonds. The molecule has 1 N–H and O–H groups in total. The molecule has 1 heterocycles. The molecule has 2 rings (SSSR count). The Labute approximate surface area is 98.9 Å². The molecule has 0 saturated heterocycles. The molecule has 1 aromatic heterocycles. The van der Waals surface area contributed by atoms with Gasteiger partial charge in [-0.25, -0.2) is 9.97 Å². The summed E-state index contributed by atoms with van der Waals surface area (Å²) in [6.07, 6.45) is 9.31. The van der Waals surface area contributed by atoms with Gasteiger partial charge in [-0.05, 0) is 25.7 Å². The average Bonchev–Trinajstić information content (AvgIpc) is 2.83. The molecule has 0 atom stereocenters. The van der Waals surface area contributed by atoms with Crippen LogP contribution in [0.2, 0.25) is 0 Å². The third kappa shape index (κ3) is 3.24. The van der Waals surface area contributed by atoms with E-state index in [0.717, 1.165) is 13.0 Å². The molecule has 90 valence electrons. The van der Waals surface area contributed by atoms with Gasteiger partial charge in [0.05, 0.1) is 4.92 Å². The number of nitro groups is 1. The summed E-state index contributed by atoms with van der Waals surface area (Å²) < 4.78 is 0. The summed E-state index contributed by atoms with van der Waals surface area (Å²) in [7, 11) is 0. The van der Waals surface area contributed by atoms with E-state index < -0.39 is 4.92 Å². The van der Waals surface area contributed by atoms with Crippen LogP contribution in [-0.4, -0.2) is 21.4 Å². The lowest BCUT2D eigenvalue weighted by Gasteiger charge is -2.04. The second kappa shape index (κ2) is 5.38. The molecule has 0 spiro atoms. The monoisotopic (exact) mass is 234 g/mol. The van der Waals surface area contributed by atoms with Crippen molar-refractivity contribution in [2.45, 2.75) is 25.7 Å². The zero-order chi connectivity index (χ0) is 12.1. The maximum Gasteiger partial charge on any atom is 0.305 e. The molecule has 1 aromatic rings. The van der Waals surface area contributed by atoms with Crippen molar-refractivity contribution in [1.82, 2.24) is 9.97 Å². The first-order chi connectivity index (χ1) is 8.25. The van der Waals surface area contributed by atoms with Gasteiger partial charge in [-0.3, -0.25) is 10.1 Å². The van der Waals surface area contributed by atoms with E-state index in [9.17, 15) is 10.1 Å². The number of hydrogen-bond acceptors (Lipinski definition) is 5. The number of aromatic nitrogens is 2. The van der Waals surface area contributed by atoms with Gasteiger partial charge in [-0.2, -0.15) is 0 Å². The highest BCUT2D eigenvalue weighted by molar-refractivity contribution is 5.30. The van der Waals surface area contributed by atoms with Crippen molar-refractivity contribution < 1.29 is 4.92 Å². The molecule has 0 saturated carbocycles. The van der Waals surface area contributed by atoms with Crippen LogP contribution in [0.3, 0.4) is 0 Å². The molecule has 0 aliphatic heterocycles. The molecule has 17 heavy (non-hydrogen) atoms. The van der Waals surface area contributed by atoms with Crippen LogP contribution in [0.4, 0.5) is 11.6 Å². The van der Waals surface area contributed by atoms with E-state index in [1.165, 1.54) is 37.2 Å². The van der Waals surface area contributed by atoms with E-state index in [4.69, 9.17) is 0 Å². The predicted octanol–water partition coefficient (Wildman–Crippen LogP) is 2.30. The van der Waals surface area contributed by atoms with E-state index in [2.05, 4.69) is 21.4 Å². The van der Waals surface area contributed by atoms with Crippen molar-refractivity contribution in [2.24, 2.45) is 0 Å². The van der Waals surface area contributed by atoms with Gasteiger partial charge in [0.25, 0.3) is 0 Å². The first-order valence-electron chi connectivity index (χ1n) is 5.64. The quantitative estimate of drug-likeness (QED) is 0.480. The number of anilines is 1. The van der Waals surface area contributed by atoms with Gasteiger partial charge in [0.15, 0.2) is 0 Å². The molecule has 0 bridgehead atoms. The van der Waals surface area contributed by atoms with Crippen molar-refractivity contribution in [2.75, 3.05) is 11.9 Å². The Kier molecular flexibility index (Phi) is 3.64. The summed E-state index contributed by atoms with van der Waals surface area (Å²) in [5.41, 5.74) is 1.38. The maximum atomic E-state index is 10.4. The van der Waals surface area contributed by atoms with Crippen LogP contribution in [0.1, 0.15) is 25.7 Å². The number of hydrogen-bond donors (Lipinski definition) is 1. The third-order valence-corrected chi connectivity index (χ3v) is 2.71. The molecule has 0 aromatic carbocycles. The lowest BCUT2D eigenvalue weighted by molar-refractivity contribution is -0.385. The lowest BCUT2D eigenvalue weighted by Crippen LogP contribution is -2.06. The van der Waals surface area contributed by atoms with E-state index in [-0.39, 0.29) is 5.69 Å². The summed E-state index contributed by atoms with van der Waals surface area (Å²) >= 11 is 0. The fourth-order valence-corrected chi connectivity index (χ4v) is 1.81. The molecule has 0 unspecified atom stereocenters. The largest absolute Gasteiger partial charge is 0.354 e. The molecule has 0 radical (unpaired) electrons. The van der Waals surface area contributed by atoms with Crippen molar-refractivity contribution in [3.63, 3.8) is 0 Å². The van der Waals surface area contributed by atoms with Gasteiger partial charge >= 0.3 is 5.69 Å². The highest BCUT2D eigenvalue weighted by atomic mass is 16.6. The number of nitrogens with one attached hydrogen (secondary N) is 1. The smallest absolute Gasteiger partial charge is 0.305 e. The van der Waals surface area contributed by atoms with Crippen LogP contribution in [0, 0.1) is 10.1 Å². The first-order valence-corrected chi connectivity index (χ1v) is 5.64. The Morgan fingerprint density at radius 3 is 2.76 bits per heavy atom. The van der Waals surface area contributed by atoms with Crippen LogP contribution in [0.5, 0.6) is 0 Å². The lowest BCUT2D eigenvalue weighted by atomic mass is 10.2. The van der Waals surface area contributed by atoms with Gasteiger partial charge in [0, 0.05) is 6.54 Å². The molecule has 1 aliphatic carbocycles. The Hall–Kier alpha value is -1.98. The second-order valence-corrected chi connectivity index (χ2v) is 3.95. The summed E-state index contributed by atoms with van der Waals surface area (Å²) in [4.78, 5) is 17.7. The van der Waals surface area contributed by atoms with Crippen molar-refractivity contribution in [3.05, 3.63) is 34.2 Å². The topological polar surface area (TPSA) is 81.0 Å². The predicted molar refractivity (Wildman–Crippen MR) is 63.7 cm³/mol. The van der Waals surface area contributed by atoms with Crippen molar-refractivity contribution in [1.29, 1.82) is 0 Å². The molecule has 6 nitrogen and oxygen atoms in total. The van der Waals surface area contributed by atoms with Crippen LogP contribution in [0.15, 0.2) is 24.0 Å². The van der Waals surface area contributed by atoms with Gasteiger partial charge in [-0.1, -0.05) is 11.6 Å². The number of rotatable bonds is 5. The second-order valence-electron chi connectivity index (χ2n) is 3.95. The van der Waals surface area contributed by atoms with Gasteiger partial charge in [0.1, 0.15) is 12.4 Å². The van der Waals surface area contributed by atoms with Crippen LogP contribution >= 0.6 is 0 Å². The highest BCUT2D eigenvalue weighted by Gasteiger charge is 2.07. The standard InChI is InChI=1S/C11H14N4O2/c16-15(17)10-7-13-11(14-8-10)12-6-5-9-3-1-2-4-9/h3,7-8H,1-2,4-6H2,(H,12,13,14). The van der Waals surface area contributed by atoms with E-state index in [0.29, 0.717) is 5.95 Å². The van der Waals surface area contributed by atoms with Crippen molar-refractivity contribution >= 4 is 11.6 Å². The highest BCUT2D eigenvalue weighted by Crippen LogP contribution is 2.20. The Bertz CT molecular complexity index is 428. The molecular formula is C11H14N4O2. The minimum atomic E-state index is -0.507. The normalized spacial score (nSPS) is 14.5. The Morgan fingerprint density at radius 1 is 1.41 bits per heavy atom. The number of nitrogens with zero attached hydrogens (tertiary/aromatic N) is 3. The summed E-state index contributed by atoms with van der Waals surface area (Å²) in [6, 6.07) is 0. The third-order valence-electron chi connectivity index (χ3n) is 2.71. The van der Waals surface area contributed by atoms with Gasteiger partial charge in [0.2, 0.25) is 5.95 Å². The van der Waals surface area contributed by atoms with E-state index in [1.807, 2.05) is 0 Å². The van der Waals surface area contributed by atoms with Crippen LogP contribution < -0.4 is 5.32 Å².